The van der Waals surface area contributed by atoms with Gasteiger partial charge in [-0.05, 0) is 44.0 Å². The van der Waals surface area contributed by atoms with Gasteiger partial charge in [-0.15, -0.1) is 0 Å². The molecule has 1 rings (SSSR count). The van der Waals surface area contributed by atoms with Gasteiger partial charge in [0.05, 0.1) is 11.5 Å². The summed E-state index contributed by atoms with van der Waals surface area (Å²) in [4.78, 5) is 0.114. The van der Waals surface area contributed by atoms with Crippen LogP contribution in [0.25, 0.3) is 0 Å². The van der Waals surface area contributed by atoms with Crippen molar-refractivity contribution in [1.82, 2.24) is 0 Å². The Hall–Kier alpha value is -0.740. The Balaban J connectivity index is 3.32. The Bertz CT molecular complexity index is 443. The van der Waals surface area contributed by atoms with Crippen molar-refractivity contribution in [1.29, 1.82) is 0 Å². The first-order valence-corrected chi connectivity index (χ1v) is 6.86. The molecule has 0 fully saturated rings. The van der Waals surface area contributed by atoms with E-state index in [-0.39, 0.29) is 4.90 Å². The van der Waals surface area contributed by atoms with Gasteiger partial charge in [0.2, 0.25) is 0 Å². The molecule has 1 aromatic carbocycles. The number of benzene rings is 1. The average Bonchev–Trinajstić information content (AvgIpc) is 2.09. The fourth-order valence-corrected chi connectivity index (χ4v) is 2.33. The second-order valence-corrected chi connectivity index (χ2v) is 5.82. The molecule has 0 saturated carbocycles. The second kappa shape index (κ2) is 4.41. The van der Waals surface area contributed by atoms with Crippen LogP contribution in [0, 0.1) is 13.8 Å². The van der Waals surface area contributed by atoms with Crippen LogP contribution in [0.5, 0.6) is 5.75 Å². The number of aryl methyl sites for hydroxylation is 2. The van der Waals surface area contributed by atoms with E-state index in [9.17, 15) is 8.42 Å². The van der Waals surface area contributed by atoms with E-state index >= 15 is 0 Å². The molecule has 0 N–H and O–H groups in total. The summed E-state index contributed by atoms with van der Waals surface area (Å²) in [5, 5.41) is 0. The van der Waals surface area contributed by atoms with E-state index in [1.54, 1.807) is 13.8 Å². The molecule has 0 heterocycles. The normalized spacial score (nSPS) is 11.5. The lowest BCUT2D eigenvalue weighted by Gasteiger charge is -2.11. The highest BCUT2D eigenvalue weighted by Gasteiger charge is 2.14. The quantitative estimate of drug-likeness (QED) is 0.773. The molecule has 0 bridgehead atoms. The lowest BCUT2D eigenvalue weighted by atomic mass is 10.1. The number of hydrogen-bond acceptors (Lipinski definition) is 3. The summed E-state index contributed by atoms with van der Waals surface area (Å²) in [6.45, 7) is 6.02. The predicted molar refractivity (Wildman–Crippen MR) is 60.1 cm³/mol. The van der Waals surface area contributed by atoms with E-state index in [4.69, 9.17) is 15.4 Å². The molecule has 1 aromatic rings. The van der Waals surface area contributed by atoms with Crippen molar-refractivity contribution in [3.8, 4) is 5.75 Å². The van der Waals surface area contributed by atoms with Crippen LogP contribution in [-0.4, -0.2) is 15.0 Å². The van der Waals surface area contributed by atoms with E-state index in [0.29, 0.717) is 6.61 Å². The SMILES string of the molecule is CCOc1c(C)cc(S(=O)(=O)Cl)cc1C. The first-order chi connectivity index (χ1) is 6.86. The van der Waals surface area contributed by atoms with Crippen LogP contribution >= 0.6 is 10.7 Å². The minimum atomic E-state index is -3.66. The topological polar surface area (TPSA) is 43.4 Å². The summed E-state index contributed by atoms with van der Waals surface area (Å²) in [6, 6.07) is 3.03. The fraction of sp³-hybridized carbons (Fsp3) is 0.400. The molecule has 84 valence electrons. The van der Waals surface area contributed by atoms with Crippen LogP contribution in [0.3, 0.4) is 0 Å². The van der Waals surface area contributed by atoms with Gasteiger partial charge < -0.3 is 4.74 Å². The van der Waals surface area contributed by atoms with Crippen molar-refractivity contribution in [2.24, 2.45) is 0 Å². The fourth-order valence-electron chi connectivity index (χ4n) is 1.42. The molecule has 5 heteroatoms. The van der Waals surface area contributed by atoms with Gasteiger partial charge >= 0.3 is 0 Å². The van der Waals surface area contributed by atoms with Crippen LogP contribution in [0.4, 0.5) is 0 Å². The molecule has 0 radical (unpaired) electrons. The van der Waals surface area contributed by atoms with Crippen LogP contribution in [-0.2, 0) is 9.05 Å². The molecular formula is C10H13ClO3S. The van der Waals surface area contributed by atoms with Gasteiger partial charge in [0, 0.05) is 10.7 Å². The molecule has 0 atom stereocenters. The van der Waals surface area contributed by atoms with Crippen molar-refractivity contribution < 1.29 is 13.2 Å². The highest BCUT2D eigenvalue weighted by Crippen LogP contribution is 2.28. The highest BCUT2D eigenvalue weighted by molar-refractivity contribution is 8.13. The summed E-state index contributed by atoms with van der Waals surface area (Å²) < 4.78 is 27.7. The molecule has 0 spiro atoms. The molecule has 0 aliphatic heterocycles. The van der Waals surface area contributed by atoms with Gasteiger partial charge in [-0.25, -0.2) is 8.42 Å². The minimum absolute atomic E-state index is 0.114. The van der Waals surface area contributed by atoms with Gasteiger partial charge in [-0.3, -0.25) is 0 Å². The maximum Gasteiger partial charge on any atom is 0.261 e. The van der Waals surface area contributed by atoms with Crippen LogP contribution in [0.1, 0.15) is 18.1 Å². The largest absolute Gasteiger partial charge is 0.493 e. The maximum atomic E-state index is 11.1. The third-order valence-electron chi connectivity index (χ3n) is 2.00. The minimum Gasteiger partial charge on any atom is -0.493 e. The molecule has 15 heavy (non-hydrogen) atoms. The summed E-state index contributed by atoms with van der Waals surface area (Å²) >= 11 is 0. The van der Waals surface area contributed by atoms with Crippen LogP contribution < -0.4 is 4.74 Å². The molecule has 3 nitrogen and oxygen atoms in total. The van der Waals surface area contributed by atoms with Gasteiger partial charge in [0.25, 0.3) is 9.05 Å². The van der Waals surface area contributed by atoms with Crippen molar-refractivity contribution in [2.75, 3.05) is 6.61 Å². The Kier molecular flexibility index (Phi) is 3.62. The van der Waals surface area contributed by atoms with E-state index in [1.807, 2.05) is 6.92 Å². The van der Waals surface area contributed by atoms with E-state index in [2.05, 4.69) is 0 Å². The predicted octanol–water partition coefficient (Wildman–Crippen LogP) is 2.63. The van der Waals surface area contributed by atoms with Crippen molar-refractivity contribution in [2.45, 2.75) is 25.7 Å². The number of ether oxygens (including phenoxy) is 1. The van der Waals surface area contributed by atoms with E-state index < -0.39 is 9.05 Å². The number of rotatable bonds is 3. The van der Waals surface area contributed by atoms with Crippen molar-refractivity contribution in [3.63, 3.8) is 0 Å². The number of halogens is 1. The molecule has 0 aromatic heterocycles. The smallest absolute Gasteiger partial charge is 0.261 e. The Morgan fingerprint density at radius 3 is 2.07 bits per heavy atom. The summed E-state index contributed by atoms with van der Waals surface area (Å²) in [5.74, 6) is 0.724. The van der Waals surface area contributed by atoms with E-state index in [0.717, 1.165) is 16.9 Å². The highest BCUT2D eigenvalue weighted by atomic mass is 35.7. The van der Waals surface area contributed by atoms with Gasteiger partial charge in [0.1, 0.15) is 5.75 Å². The van der Waals surface area contributed by atoms with Gasteiger partial charge in [0.15, 0.2) is 0 Å². The lowest BCUT2D eigenvalue weighted by Crippen LogP contribution is -1.99. The van der Waals surface area contributed by atoms with Crippen molar-refractivity contribution >= 4 is 19.7 Å². The molecule has 0 unspecified atom stereocenters. The zero-order chi connectivity index (χ0) is 11.6. The number of hydrogen-bond donors (Lipinski definition) is 0. The maximum absolute atomic E-state index is 11.1. The van der Waals surface area contributed by atoms with E-state index in [1.165, 1.54) is 12.1 Å². The average molecular weight is 249 g/mol. The summed E-state index contributed by atoms with van der Waals surface area (Å²) in [6.07, 6.45) is 0. The Labute approximate surface area is 94.4 Å². The van der Waals surface area contributed by atoms with Gasteiger partial charge in [-0.2, -0.15) is 0 Å². The van der Waals surface area contributed by atoms with Crippen LogP contribution in [0.15, 0.2) is 17.0 Å². The molecular weight excluding hydrogens is 236 g/mol. The summed E-state index contributed by atoms with van der Waals surface area (Å²) in [7, 11) is 1.60. The molecule has 0 saturated heterocycles. The second-order valence-electron chi connectivity index (χ2n) is 3.26. The Morgan fingerprint density at radius 1 is 1.27 bits per heavy atom. The van der Waals surface area contributed by atoms with Gasteiger partial charge in [-0.1, -0.05) is 0 Å². The third kappa shape index (κ3) is 2.86. The molecule has 0 aliphatic rings. The third-order valence-corrected chi connectivity index (χ3v) is 3.34. The first kappa shape index (κ1) is 12.3. The van der Waals surface area contributed by atoms with Crippen LogP contribution in [0.2, 0.25) is 0 Å². The summed E-state index contributed by atoms with van der Waals surface area (Å²) in [5.41, 5.74) is 1.55. The monoisotopic (exact) mass is 248 g/mol. The molecule has 0 aliphatic carbocycles. The molecule has 0 amide bonds. The first-order valence-electron chi connectivity index (χ1n) is 4.55. The zero-order valence-corrected chi connectivity index (χ0v) is 10.4. The zero-order valence-electron chi connectivity index (χ0n) is 8.87. The standard InChI is InChI=1S/C10H13ClO3S/c1-4-14-10-7(2)5-9(6-8(10)3)15(11,12)13/h5-6H,4H2,1-3H3. The van der Waals surface area contributed by atoms with Crippen molar-refractivity contribution in [3.05, 3.63) is 23.3 Å². The Morgan fingerprint density at radius 2 is 1.73 bits per heavy atom. The lowest BCUT2D eigenvalue weighted by molar-refractivity contribution is 0.335.